The van der Waals surface area contributed by atoms with Gasteiger partial charge in [0, 0.05) is 61.8 Å². The minimum Gasteiger partial charge on any atom is -0.309 e. The van der Waals surface area contributed by atoms with Crippen LogP contribution in [0, 0.1) is 0 Å². The first kappa shape index (κ1) is 31.8. The van der Waals surface area contributed by atoms with E-state index in [4.69, 9.17) is 0 Å². The molecule has 0 aliphatic carbocycles. The molecule has 10 aromatic carbocycles. The van der Waals surface area contributed by atoms with Crippen LogP contribution in [0.2, 0.25) is 0 Å². The first-order valence-corrected chi connectivity index (χ1v) is 25.3. The maximum atomic E-state index is 10.4. The van der Waals surface area contributed by atoms with E-state index in [1.54, 1.807) is 17.0 Å². The molecule has 0 saturated carbocycles. The van der Waals surface area contributed by atoms with E-state index in [0.29, 0.717) is 27.8 Å². The van der Waals surface area contributed by atoms with Gasteiger partial charge < -0.3 is 13.7 Å². The highest BCUT2D eigenvalue weighted by atomic mass is 28.3. The van der Waals surface area contributed by atoms with Crippen molar-refractivity contribution in [3.05, 3.63) is 267 Å². The molecule has 14 aromatic rings. The molecule has 0 N–H and O–H groups in total. The minimum atomic E-state index is -3.19. The quantitative estimate of drug-likeness (QED) is 0.110. The summed E-state index contributed by atoms with van der Waals surface area (Å²) in [4.78, 5) is 4.58. The van der Waals surface area contributed by atoms with Crippen LogP contribution >= 0.6 is 0 Å². The van der Waals surface area contributed by atoms with Crippen LogP contribution in [0.5, 0.6) is 0 Å². The number of hydrogen-bond donors (Lipinski definition) is 0. The Morgan fingerprint density at radius 3 is 1.57 bits per heavy atom. The number of benzene rings is 10. The number of pyridine rings is 1. The first-order chi connectivity index (χ1) is 38.5. The summed E-state index contributed by atoms with van der Waals surface area (Å²) in [7, 11) is -3.19. The largest absolute Gasteiger partial charge is 0.309 e. The molecule has 5 heteroatoms. The Labute approximate surface area is 418 Å². The van der Waals surface area contributed by atoms with E-state index in [9.17, 15) is 12.3 Å². The Kier molecular flexibility index (Phi) is 7.30. The molecule has 0 aliphatic heterocycles. The maximum Gasteiger partial charge on any atom is 0.179 e. The standard InChI is InChI=1S/C65H44N4Si/c1-6-21-45(22-7-1)67-58-41-42-66-44-56(58)63-53(35-19-37-59(63)67)52-34-20-38-60-62(52)55-39-40-61-64(65(55)69(60)46-23-8-2-9-24-46)54-33-16-17-36-57(54)68(61)47-25-18-32-51(43-47)70(48-26-10-3-11-27-48,49-28-12-4-13-29-49)50-30-14-5-15-31-50/h1-44H/i16D,17D,20D,33D,34D,36D,38D,39D,40D. The van der Waals surface area contributed by atoms with E-state index >= 15 is 0 Å². The highest BCUT2D eigenvalue weighted by molar-refractivity contribution is 7.19. The van der Waals surface area contributed by atoms with Gasteiger partial charge in [0.2, 0.25) is 0 Å². The molecular formula is C65H44N4Si. The fourth-order valence-electron chi connectivity index (χ4n) is 11.2. The van der Waals surface area contributed by atoms with Gasteiger partial charge in [0.1, 0.15) is 0 Å². The zero-order valence-electron chi connectivity index (χ0n) is 46.5. The average Bonchev–Trinajstić information content (AvgIpc) is 2.09. The molecule has 0 aliphatic rings. The van der Waals surface area contributed by atoms with Gasteiger partial charge >= 0.3 is 0 Å². The number of fused-ring (bicyclic) bond motifs is 10. The lowest BCUT2D eigenvalue weighted by Gasteiger charge is -2.34. The number of nitrogens with zero attached hydrogens (tertiary/aromatic N) is 4. The molecule has 0 fully saturated rings. The minimum absolute atomic E-state index is 0.120. The molecule has 70 heavy (non-hydrogen) atoms. The van der Waals surface area contributed by atoms with Gasteiger partial charge in [-0.3, -0.25) is 4.98 Å². The molecule has 4 heterocycles. The third kappa shape index (κ3) is 5.85. The fourth-order valence-corrected chi connectivity index (χ4v) is 16.0. The van der Waals surface area contributed by atoms with Crippen LogP contribution in [0.1, 0.15) is 12.3 Å². The molecule has 0 atom stereocenters. The van der Waals surface area contributed by atoms with E-state index in [-0.39, 0.29) is 80.6 Å². The average molecular weight is 918 g/mol. The lowest BCUT2D eigenvalue weighted by molar-refractivity contribution is 1.17. The lowest BCUT2D eigenvalue weighted by Crippen LogP contribution is -2.74. The molecular weight excluding hydrogens is 865 g/mol. The lowest BCUT2D eigenvalue weighted by atomic mass is 9.95. The summed E-state index contributed by atoms with van der Waals surface area (Å²) in [5.74, 6) is 0. The fraction of sp³-hybridized carbons (Fsp3) is 0. The van der Waals surface area contributed by atoms with Crippen LogP contribution in [0.25, 0.3) is 93.6 Å². The van der Waals surface area contributed by atoms with Gasteiger partial charge in [-0.15, -0.1) is 0 Å². The van der Waals surface area contributed by atoms with Crippen molar-refractivity contribution < 1.29 is 12.3 Å². The summed E-state index contributed by atoms with van der Waals surface area (Å²) in [5, 5.41) is 6.79. The van der Waals surface area contributed by atoms with Gasteiger partial charge in [-0.25, -0.2) is 0 Å². The molecule has 0 spiro atoms. The van der Waals surface area contributed by atoms with Crippen molar-refractivity contribution in [1.82, 2.24) is 18.7 Å². The third-order valence-electron chi connectivity index (χ3n) is 14.0. The molecule has 0 unspecified atom stereocenters. The van der Waals surface area contributed by atoms with E-state index in [2.05, 4.69) is 94.5 Å². The second-order valence-corrected chi connectivity index (χ2v) is 21.4. The monoisotopic (exact) mass is 917 g/mol. The van der Waals surface area contributed by atoms with Crippen molar-refractivity contribution in [2.75, 3.05) is 0 Å². The Morgan fingerprint density at radius 1 is 0.343 bits per heavy atom. The molecule has 14 rings (SSSR count). The molecule has 0 saturated heterocycles. The van der Waals surface area contributed by atoms with Crippen molar-refractivity contribution in [2.45, 2.75) is 0 Å². The van der Waals surface area contributed by atoms with Crippen molar-refractivity contribution in [3.8, 4) is 28.2 Å². The Morgan fingerprint density at radius 2 is 0.886 bits per heavy atom. The Bertz CT molecular complexity index is 4720. The molecule has 4 nitrogen and oxygen atoms in total. The van der Waals surface area contributed by atoms with Crippen LogP contribution in [0.4, 0.5) is 0 Å². The van der Waals surface area contributed by atoms with Gasteiger partial charge in [-0.2, -0.15) is 0 Å². The normalized spacial score (nSPS) is 13.8. The van der Waals surface area contributed by atoms with Crippen molar-refractivity contribution in [2.24, 2.45) is 0 Å². The first-order valence-electron chi connectivity index (χ1n) is 27.8. The summed E-state index contributed by atoms with van der Waals surface area (Å²) in [5.41, 5.74) is 5.31. The van der Waals surface area contributed by atoms with Gasteiger partial charge in [0.25, 0.3) is 0 Å². The van der Waals surface area contributed by atoms with Crippen LogP contribution in [-0.4, -0.2) is 26.8 Å². The smallest absolute Gasteiger partial charge is 0.179 e. The molecule has 4 aromatic heterocycles. The van der Waals surface area contributed by atoms with Crippen molar-refractivity contribution in [3.63, 3.8) is 0 Å². The predicted octanol–water partition coefficient (Wildman–Crippen LogP) is 13.4. The topological polar surface area (TPSA) is 27.7 Å². The number of rotatable bonds is 8. The van der Waals surface area contributed by atoms with Crippen LogP contribution in [0.15, 0.2) is 267 Å². The summed E-state index contributed by atoms with van der Waals surface area (Å²) >= 11 is 0. The Balaban J connectivity index is 1.18. The van der Waals surface area contributed by atoms with E-state index < -0.39 is 20.2 Å². The third-order valence-corrected chi connectivity index (χ3v) is 18.8. The van der Waals surface area contributed by atoms with E-state index in [1.807, 2.05) is 120 Å². The summed E-state index contributed by atoms with van der Waals surface area (Å²) < 4.78 is 94.2. The van der Waals surface area contributed by atoms with Gasteiger partial charge in [0.15, 0.2) is 8.07 Å². The molecule has 0 radical (unpaired) electrons. The zero-order chi connectivity index (χ0) is 54.0. The zero-order valence-corrected chi connectivity index (χ0v) is 38.5. The maximum absolute atomic E-state index is 10.4. The highest BCUT2D eigenvalue weighted by Gasteiger charge is 2.41. The van der Waals surface area contributed by atoms with Gasteiger partial charge in [-0.1, -0.05) is 188 Å². The second kappa shape index (κ2) is 16.1. The number of aromatic nitrogens is 4. The molecule has 328 valence electrons. The van der Waals surface area contributed by atoms with Crippen LogP contribution < -0.4 is 20.7 Å². The highest BCUT2D eigenvalue weighted by Crippen LogP contribution is 2.47. The van der Waals surface area contributed by atoms with Gasteiger partial charge in [0.05, 0.1) is 45.4 Å². The van der Waals surface area contributed by atoms with Gasteiger partial charge in [-0.05, 0) is 98.5 Å². The van der Waals surface area contributed by atoms with E-state index in [0.717, 1.165) is 48.2 Å². The molecule has 0 bridgehead atoms. The summed E-state index contributed by atoms with van der Waals surface area (Å²) in [6.45, 7) is 0. The van der Waals surface area contributed by atoms with Crippen LogP contribution in [0.3, 0.4) is 0 Å². The molecule has 0 amide bonds. The van der Waals surface area contributed by atoms with Crippen molar-refractivity contribution in [1.29, 1.82) is 0 Å². The summed E-state index contributed by atoms with van der Waals surface area (Å²) in [6.07, 6.45) is 3.53. The van der Waals surface area contributed by atoms with E-state index in [1.165, 1.54) is 0 Å². The number of hydrogen-bond acceptors (Lipinski definition) is 1. The number of para-hydroxylation sites is 3. The second-order valence-electron chi connectivity index (χ2n) is 17.6. The predicted molar refractivity (Wildman–Crippen MR) is 296 cm³/mol. The van der Waals surface area contributed by atoms with Crippen LogP contribution in [-0.2, 0) is 0 Å². The van der Waals surface area contributed by atoms with Crippen molar-refractivity contribution >= 4 is 94.2 Å². The summed E-state index contributed by atoms with van der Waals surface area (Å²) in [6, 6.07) is 63.5. The SMILES string of the molecule is [2H]c1c([2H])c([2H])c2c(c1[2H])c1c(c([2H])c([2H])c3c4c(-c5cccc6c5c5cnccc5n6-c5ccccc5)c([2H])c([2H])c([2H])c4n(-c4ccccc4)c31)n2-c1cccc([Si](c2ccccc2)(c2ccccc2)c2ccccc2)c1. The Hall–Kier alpha value is -9.03.